The van der Waals surface area contributed by atoms with E-state index in [1.807, 2.05) is 6.20 Å². The van der Waals surface area contributed by atoms with Gasteiger partial charge in [-0.3, -0.25) is 4.98 Å². The van der Waals surface area contributed by atoms with Gasteiger partial charge in [0.2, 0.25) is 0 Å². The number of aromatic nitrogens is 2. The highest BCUT2D eigenvalue weighted by Crippen LogP contribution is 2.41. The second-order valence-electron chi connectivity index (χ2n) is 5.35. The molecule has 3 nitrogen and oxygen atoms in total. The standard InChI is InChI=1S/C13H18ClN3/c1-9-8-17(11-5-3-2-4-10(9)11)13-7-15-6-12(14)16-13/h6-7,9-11H,2-5,8H2,1H3. The molecule has 1 aromatic heterocycles. The number of hydrogen-bond donors (Lipinski definition) is 0. The Morgan fingerprint density at radius 2 is 2.12 bits per heavy atom. The predicted molar refractivity (Wildman–Crippen MR) is 69.3 cm³/mol. The fourth-order valence-corrected chi connectivity index (χ4v) is 3.65. The zero-order valence-electron chi connectivity index (χ0n) is 10.1. The molecule has 3 rings (SSSR count). The van der Waals surface area contributed by atoms with Crippen molar-refractivity contribution in [3.63, 3.8) is 0 Å². The Labute approximate surface area is 107 Å². The van der Waals surface area contributed by atoms with E-state index in [9.17, 15) is 0 Å². The number of halogens is 1. The molecule has 0 spiro atoms. The molecule has 0 bridgehead atoms. The Balaban J connectivity index is 1.88. The van der Waals surface area contributed by atoms with Crippen molar-refractivity contribution in [3.05, 3.63) is 17.5 Å². The van der Waals surface area contributed by atoms with E-state index in [-0.39, 0.29) is 0 Å². The first-order valence-corrected chi connectivity index (χ1v) is 6.87. The molecular weight excluding hydrogens is 234 g/mol. The Kier molecular flexibility index (Phi) is 2.95. The first-order valence-electron chi connectivity index (χ1n) is 6.50. The Morgan fingerprint density at radius 3 is 2.94 bits per heavy atom. The normalized spacial score (nSPS) is 32.6. The Morgan fingerprint density at radius 1 is 1.29 bits per heavy atom. The maximum Gasteiger partial charge on any atom is 0.149 e. The van der Waals surface area contributed by atoms with Gasteiger partial charge in [-0.2, -0.15) is 0 Å². The van der Waals surface area contributed by atoms with Crippen molar-refractivity contribution in [2.45, 2.75) is 38.6 Å². The molecule has 3 atom stereocenters. The van der Waals surface area contributed by atoms with Crippen LogP contribution in [0.2, 0.25) is 5.15 Å². The van der Waals surface area contributed by atoms with Crippen molar-refractivity contribution in [2.75, 3.05) is 11.4 Å². The van der Waals surface area contributed by atoms with Crippen LogP contribution in [0.1, 0.15) is 32.6 Å². The lowest BCUT2D eigenvalue weighted by Crippen LogP contribution is -2.35. The minimum atomic E-state index is 0.495. The molecule has 2 fully saturated rings. The molecule has 1 aliphatic carbocycles. The van der Waals surface area contributed by atoms with Gasteiger partial charge in [-0.05, 0) is 24.7 Å². The van der Waals surface area contributed by atoms with E-state index in [1.165, 1.54) is 25.7 Å². The lowest BCUT2D eigenvalue weighted by Gasteiger charge is -2.32. The summed E-state index contributed by atoms with van der Waals surface area (Å²) in [4.78, 5) is 11.0. The SMILES string of the molecule is CC1CN(c2cncc(Cl)n2)C2CCCCC12. The first-order chi connectivity index (χ1) is 8.25. The highest BCUT2D eigenvalue weighted by atomic mass is 35.5. The van der Waals surface area contributed by atoms with Crippen molar-refractivity contribution < 1.29 is 0 Å². The quantitative estimate of drug-likeness (QED) is 0.768. The van der Waals surface area contributed by atoms with Crippen LogP contribution in [-0.4, -0.2) is 22.6 Å². The molecule has 0 N–H and O–H groups in total. The lowest BCUT2D eigenvalue weighted by atomic mass is 9.80. The highest BCUT2D eigenvalue weighted by Gasteiger charge is 2.41. The molecule has 92 valence electrons. The average Bonchev–Trinajstić information content (AvgIpc) is 2.68. The van der Waals surface area contributed by atoms with Crippen molar-refractivity contribution in [1.29, 1.82) is 0 Å². The van der Waals surface area contributed by atoms with Crippen LogP contribution in [0.3, 0.4) is 0 Å². The molecule has 2 heterocycles. The molecule has 4 heteroatoms. The number of fused-ring (bicyclic) bond motifs is 1. The Hall–Kier alpha value is -0.830. The fraction of sp³-hybridized carbons (Fsp3) is 0.692. The number of hydrogen-bond acceptors (Lipinski definition) is 3. The van der Waals surface area contributed by atoms with Gasteiger partial charge in [0.15, 0.2) is 0 Å². The number of anilines is 1. The van der Waals surface area contributed by atoms with Gasteiger partial charge in [0.05, 0.1) is 12.4 Å². The summed E-state index contributed by atoms with van der Waals surface area (Å²) in [5.74, 6) is 2.56. The van der Waals surface area contributed by atoms with E-state index in [4.69, 9.17) is 11.6 Å². The van der Waals surface area contributed by atoms with Gasteiger partial charge in [-0.15, -0.1) is 0 Å². The molecule has 1 aromatic rings. The van der Waals surface area contributed by atoms with Crippen LogP contribution in [0, 0.1) is 11.8 Å². The van der Waals surface area contributed by atoms with E-state index in [2.05, 4.69) is 21.8 Å². The van der Waals surface area contributed by atoms with E-state index in [0.717, 1.165) is 24.2 Å². The van der Waals surface area contributed by atoms with Crippen molar-refractivity contribution in [2.24, 2.45) is 11.8 Å². The van der Waals surface area contributed by atoms with Crippen LogP contribution in [0.5, 0.6) is 0 Å². The summed E-state index contributed by atoms with van der Waals surface area (Å²) in [6.45, 7) is 3.46. The lowest BCUT2D eigenvalue weighted by molar-refractivity contribution is 0.293. The topological polar surface area (TPSA) is 29.0 Å². The summed E-state index contributed by atoms with van der Waals surface area (Å²) in [6.07, 6.45) is 8.84. The van der Waals surface area contributed by atoms with Gasteiger partial charge in [0.25, 0.3) is 0 Å². The van der Waals surface area contributed by atoms with Crippen molar-refractivity contribution in [3.8, 4) is 0 Å². The molecule has 1 aliphatic heterocycles. The molecule has 0 aromatic carbocycles. The third-order valence-electron chi connectivity index (χ3n) is 4.28. The minimum absolute atomic E-state index is 0.495. The average molecular weight is 252 g/mol. The maximum atomic E-state index is 5.93. The summed E-state index contributed by atoms with van der Waals surface area (Å²) in [5.41, 5.74) is 0. The summed E-state index contributed by atoms with van der Waals surface area (Å²) in [6, 6.07) is 0.659. The van der Waals surface area contributed by atoms with Gasteiger partial charge in [-0.25, -0.2) is 4.98 Å². The van der Waals surface area contributed by atoms with Gasteiger partial charge in [0.1, 0.15) is 11.0 Å². The van der Waals surface area contributed by atoms with E-state index >= 15 is 0 Å². The monoisotopic (exact) mass is 251 g/mol. The first kappa shape index (κ1) is 11.3. The van der Waals surface area contributed by atoms with E-state index in [0.29, 0.717) is 11.2 Å². The largest absolute Gasteiger partial charge is 0.352 e. The molecule has 1 saturated heterocycles. The number of nitrogens with zero attached hydrogens (tertiary/aromatic N) is 3. The summed E-state index contributed by atoms with van der Waals surface area (Å²) in [5, 5.41) is 0.495. The third-order valence-corrected chi connectivity index (χ3v) is 4.47. The minimum Gasteiger partial charge on any atom is -0.352 e. The summed E-state index contributed by atoms with van der Waals surface area (Å²) >= 11 is 5.93. The second kappa shape index (κ2) is 4.45. The molecule has 1 saturated carbocycles. The predicted octanol–water partition coefficient (Wildman–Crippen LogP) is 3.14. The van der Waals surface area contributed by atoms with Gasteiger partial charge >= 0.3 is 0 Å². The zero-order valence-corrected chi connectivity index (χ0v) is 10.9. The second-order valence-corrected chi connectivity index (χ2v) is 5.73. The van der Waals surface area contributed by atoms with Gasteiger partial charge < -0.3 is 4.90 Å². The van der Waals surface area contributed by atoms with E-state index < -0.39 is 0 Å². The van der Waals surface area contributed by atoms with Crippen LogP contribution in [0.4, 0.5) is 5.82 Å². The molecule has 3 unspecified atom stereocenters. The molecular formula is C13H18ClN3. The van der Waals surface area contributed by atoms with Gasteiger partial charge in [0, 0.05) is 12.6 Å². The smallest absolute Gasteiger partial charge is 0.149 e. The van der Waals surface area contributed by atoms with Crippen LogP contribution in [0.15, 0.2) is 12.4 Å². The van der Waals surface area contributed by atoms with E-state index in [1.54, 1.807) is 6.20 Å². The van der Waals surface area contributed by atoms with Crippen LogP contribution >= 0.6 is 11.6 Å². The van der Waals surface area contributed by atoms with Crippen molar-refractivity contribution in [1.82, 2.24) is 9.97 Å². The molecule has 2 aliphatic rings. The fourth-order valence-electron chi connectivity index (χ4n) is 3.51. The zero-order chi connectivity index (χ0) is 11.8. The highest BCUT2D eigenvalue weighted by molar-refractivity contribution is 6.29. The summed E-state index contributed by atoms with van der Waals surface area (Å²) in [7, 11) is 0. The van der Waals surface area contributed by atoms with Crippen LogP contribution < -0.4 is 4.90 Å². The summed E-state index contributed by atoms with van der Waals surface area (Å²) < 4.78 is 0. The number of rotatable bonds is 1. The molecule has 0 amide bonds. The third kappa shape index (κ3) is 2.01. The maximum absolute atomic E-state index is 5.93. The van der Waals surface area contributed by atoms with Gasteiger partial charge in [-0.1, -0.05) is 31.4 Å². The molecule has 17 heavy (non-hydrogen) atoms. The van der Waals surface area contributed by atoms with Crippen LogP contribution in [-0.2, 0) is 0 Å². The molecule has 0 radical (unpaired) electrons. The van der Waals surface area contributed by atoms with Crippen LogP contribution in [0.25, 0.3) is 0 Å². The Bertz CT molecular complexity index is 409. The van der Waals surface area contributed by atoms with Crippen molar-refractivity contribution >= 4 is 17.4 Å².